The molecule has 1 aliphatic rings. The number of furan rings is 1. The van der Waals surface area contributed by atoms with E-state index in [1.165, 1.54) is 12.8 Å². The van der Waals surface area contributed by atoms with Crippen LogP contribution < -0.4 is 10.6 Å². The highest BCUT2D eigenvalue weighted by atomic mass is 16.3. The zero-order chi connectivity index (χ0) is 15.8. The van der Waals surface area contributed by atoms with Crippen LogP contribution in [0.2, 0.25) is 0 Å². The molecule has 0 aliphatic carbocycles. The lowest BCUT2D eigenvalue weighted by atomic mass is 10.2. The van der Waals surface area contributed by atoms with Gasteiger partial charge in [0.05, 0.1) is 12.6 Å². The van der Waals surface area contributed by atoms with E-state index < -0.39 is 0 Å². The van der Waals surface area contributed by atoms with Crippen molar-refractivity contribution in [3.05, 3.63) is 36.3 Å². The van der Waals surface area contributed by atoms with Crippen LogP contribution in [-0.4, -0.2) is 43.6 Å². The second-order valence-corrected chi connectivity index (χ2v) is 5.60. The van der Waals surface area contributed by atoms with Crippen LogP contribution in [0.25, 0.3) is 0 Å². The predicted octanol–water partition coefficient (Wildman–Crippen LogP) is 2.47. The average Bonchev–Trinajstić information content (AvgIpc) is 3.17. The van der Waals surface area contributed by atoms with Crippen LogP contribution in [0.5, 0.6) is 0 Å². The molecule has 122 valence electrons. The Labute approximate surface area is 133 Å². The van der Waals surface area contributed by atoms with Crippen LogP contribution in [0.4, 0.5) is 0 Å². The molecule has 1 aromatic heterocycles. The number of hydrogen-bond acceptors (Lipinski definition) is 3. The fourth-order valence-electron chi connectivity index (χ4n) is 2.76. The molecule has 0 aromatic carbocycles. The van der Waals surface area contributed by atoms with E-state index in [-0.39, 0.29) is 6.04 Å². The smallest absolute Gasteiger partial charge is 0.191 e. The molecule has 5 heteroatoms. The zero-order valence-electron chi connectivity index (χ0n) is 13.8. The maximum absolute atomic E-state index is 5.86. The summed E-state index contributed by atoms with van der Waals surface area (Å²) in [6, 6.07) is 4.33. The number of hydrogen-bond donors (Lipinski definition) is 2. The van der Waals surface area contributed by atoms with E-state index in [0.717, 1.165) is 37.1 Å². The highest BCUT2D eigenvalue weighted by Crippen LogP contribution is 2.26. The van der Waals surface area contributed by atoms with Crippen LogP contribution >= 0.6 is 0 Å². The third-order valence-electron chi connectivity index (χ3n) is 3.85. The SMILES string of the molecule is C=CCNC(=NCC(c1ccc(C)o1)N1CCCC1)NCC. The summed E-state index contributed by atoms with van der Waals surface area (Å²) in [4.78, 5) is 7.20. The van der Waals surface area contributed by atoms with Gasteiger partial charge in [-0.25, -0.2) is 0 Å². The molecule has 0 saturated carbocycles. The van der Waals surface area contributed by atoms with Crippen LogP contribution in [0.1, 0.15) is 37.3 Å². The summed E-state index contributed by atoms with van der Waals surface area (Å²) in [5.74, 6) is 2.80. The van der Waals surface area contributed by atoms with Gasteiger partial charge in [0.2, 0.25) is 0 Å². The third-order valence-corrected chi connectivity index (χ3v) is 3.85. The van der Waals surface area contributed by atoms with Crippen molar-refractivity contribution in [1.29, 1.82) is 0 Å². The lowest BCUT2D eigenvalue weighted by Gasteiger charge is -2.24. The normalized spacial score (nSPS) is 17.5. The van der Waals surface area contributed by atoms with Gasteiger partial charge in [-0.05, 0) is 51.9 Å². The number of likely N-dealkylation sites (tertiary alicyclic amines) is 1. The molecule has 1 aromatic rings. The van der Waals surface area contributed by atoms with E-state index >= 15 is 0 Å². The van der Waals surface area contributed by atoms with Crippen molar-refractivity contribution in [1.82, 2.24) is 15.5 Å². The summed E-state index contributed by atoms with van der Waals surface area (Å²) >= 11 is 0. The molecule has 0 radical (unpaired) electrons. The molecule has 5 nitrogen and oxygen atoms in total. The minimum Gasteiger partial charge on any atom is -0.465 e. The largest absolute Gasteiger partial charge is 0.465 e. The molecule has 2 N–H and O–H groups in total. The van der Waals surface area contributed by atoms with Crippen molar-refractivity contribution in [3.63, 3.8) is 0 Å². The average molecular weight is 304 g/mol. The highest BCUT2D eigenvalue weighted by Gasteiger charge is 2.25. The Morgan fingerprint density at radius 1 is 1.41 bits per heavy atom. The van der Waals surface area contributed by atoms with Gasteiger partial charge in [0.1, 0.15) is 11.5 Å². The monoisotopic (exact) mass is 304 g/mol. The Bertz CT molecular complexity index is 489. The molecule has 0 bridgehead atoms. The van der Waals surface area contributed by atoms with Gasteiger partial charge < -0.3 is 15.1 Å². The Kier molecular flexibility index (Phi) is 6.52. The van der Waals surface area contributed by atoms with Crippen molar-refractivity contribution in [2.75, 3.05) is 32.7 Å². The summed E-state index contributed by atoms with van der Waals surface area (Å²) in [5.41, 5.74) is 0. The lowest BCUT2D eigenvalue weighted by molar-refractivity contribution is 0.219. The fraction of sp³-hybridized carbons (Fsp3) is 0.588. The van der Waals surface area contributed by atoms with Gasteiger partial charge in [0.25, 0.3) is 0 Å². The fourth-order valence-corrected chi connectivity index (χ4v) is 2.76. The Morgan fingerprint density at radius 3 is 2.77 bits per heavy atom. The molecule has 1 atom stereocenters. The van der Waals surface area contributed by atoms with Crippen molar-refractivity contribution < 1.29 is 4.42 Å². The number of aryl methyl sites for hydroxylation is 1. The Morgan fingerprint density at radius 2 is 2.18 bits per heavy atom. The first-order valence-corrected chi connectivity index (χ1v) is 8.18. The number of guanidine groups is 1. The second kappa shape index (κ2) is 8.63. The van der Waals surface area contributed by atoms with Gasteiger partial charge in [-0.15, -0.1) is 6.58 Å². The van der Waals surface area contributed by atoms with Crippen molar-refractivity contribution >= 4 is 5.96 Å². The molecule has 1 aliphatic heterocycles. The summed E-state index contributed by atoms with van der Waals surface area (Å²) in [7, 11) is 0. The summed E-state index contributed by atoms with van der Waals surface area (Å²) < 4.78 is 5.86. The maximum Gasteiger partial charge on any atom is 0.191 e. The highest BCUT2D eigenvalue weighted by molar-refractivity contribution is 5.79. The van der Waals surface area contributed by atoms with E-state index in [4.69, 9.17) is 9.41 Å². The number of nitrogens with zero attached hydrogens (tertiary/aromatic N) is 2. The standard InChI is InChI=1S/C17H28N4O/c1-4-10-19-17(18-5-2)20-13-15(21-11-6-7-12-21)16-9-8-14(3)22-16/h4,8-9,15H,1,5-7,10-13H2,2-3H3,(H2,18,19,20). The Balaban J connectivity index is 2.08. The molecule has 1 unspecified atom stereocenters. The van der Waals surface area contributed by atoms with E-state index in [1.807, 2.05) is 19.1 Å². The quantitative estimate of drug-likeness (QED) is 0.461. The first-order chi connectivity index (χ1) is 10.7. The number of aliphatic imine (C=N–C) groups is 1. The zero-order valence-corrected chi connectivity index (χ0v) is 13.8. The van der Waals surface area contributed by atoms with Crippen molar-refractivity contribution in [2.45, 2.75) is 32.7 Å². The Hall–Kier alpha value is -1.75. The second-order valence-electron chi connectivity index (χ2n) is 5.60. The van der Waals surface area contributed by atoms with Crippen LogP contribution in [0, 0.1) is 6.92 Å². The number of rotatable bonds is 7. The van der Waals surface area contributed by atoms with E-state index in [0.29, 0.717) is 13.1 Å². The molecule has 0 spiro atoms. The molecule has 2 heterocycles. The van der Waals surface area contributed by atoms with Gasteiger partial charge in [0, 0.05) is 13.1 Å². The van der Waals surface area contributed by atoms with Crippen LogP contribution in [-0.2, 0) is 0 Å². The molecule has 0 amide bonds. The summed E-state index contributed by atoms with van der Waals surface area (Å²) in [5, 5.41) is 6.51. The summed E-state index contributed by atoms with van der Waals surface area (Å²) in [6.07, 6.45) is 4.35. The molecular formula is C17H28N4O. The molecular weight excluding hydrogens is 276 g/mol. The van der Waals surface area contributed by atoms with Crippen LogP contribution in [0.3, 0.4) is 0 Å². The molecule has 22 heavy (non-hydrogen) atoms. The minimum atomic E-state index is 0.218. The van der Waals surface area contributed by atoms with E-state index in [2.05, 4.69) is 35.1 Å². The van der Waals surface area contributed by atoms with E-state index in [9.17, 15) is 0 Å². The molecule has 1 saturated heterocycles. The minimum absolute atomic E-state index is 0.218. The predicted molar refractivity (Wildman–Crippen MR) is 91.2 cm³/mol. The molecule has 2 rings (SSSR count). The van der Waals surface area contributed by atoms with Crippen molar-refractivity contribution in [3.8, 4) is 0 Å². The first-order valence-electron chi connectivity index (χ1n) is 8.18. The van der Waals surface area contributed by atoms with E-state index in [1.54, 1.807) is 0 Å². The van der Waals surface area contributed by atoms with Crippen molar-refractivity contribution in [2.24, 2.45) is 4.99 Å². The van der Waals surface area contributed by atoms with Gasteiger partial charge >= 0.3 is 0 Å². The lowest BCUT2D eigenvalue weighted by Crippen LogP contribution is -2.38. The maximum atomic E-state index is 5.86. The van der Waals surface area contributed by atoms with Crippen LogP contribution in [0.15, 0.2) is 34.2 Å². The van der Waals surface area contributed by atoms with Gasteiger partial charge in [0.15, 0.2) is 5.96 Å². The first kappa shape index (κ1) is 16.6. The third kappa shape index (κ3) is 4.63. The van der Waals surface area contributed by atoms with Gasteiger partial charge in [-0.1, -0.05) is 6.08 Å². The number of nitrogens with one attached hydrogen (secondary N) is 2. The summed E-state index contributed by atoms with van der Waals surface area (Å²) in [6.45, 7) is 12.3. The van der Waals surface area contributed by atoms with Gasteiger partial charge in [-0.2, -0.15) is 0 Å². The topological polar surface area (TPSA) is 52.8 Å². The molecule has 1 fully saturated rings. The van der Waals surface area contributed by atoms with Gasteiger partial charge in [-0.3, -0.25) is 9.89 Å².